The lowest BCUT2D eigenvalue weighted by Gasteiger charge is -2.13. The average molecular weight is 355 g/mol. The second kappa shape index (κ2) is 5.24. The number of nitrogens with two attached hydrogens (primary N) is 1. The molecule has 0 aliphatic carbocycles. The number of pyridine rings is 1. The Labute approximate surface area is 116 Å². The molecule has 1 rings (SSSR count). The maximum absolute atomic E-state index is 12.7. The molecule has 0 radical (unpaired) electrons. The fraction of sp³-hybridized carbons (Fsp3) is 0.286. The van der Waals surface area contributed by atoms with Crippen molar-refractivity contribution in [1.82, 2.24) is 4.98 Å². The molecule has 15 heteroatoms. The summed E-state index contributed by atoms with van der Waals surface area (Å²) in [5, 5.41) is 13.0. The van der Waals surface area contributed by atoms with E-state index in [-0.39, 0.29) is 0 Å². The van der Waals surface area contributed by atoms with Gasteiger partial charge in [-0.2, -0.15) is 18.2 Å². The number of rotatable bonds is 3. The smallest absolute Gasteiger partial charge is 0.388 e. The van der Waals surface area contributed by atoms with Crippen LogP contribution < -0.4 is 9.88 Å². The molecule has 124 valence electrons. The average Bonchev–Trinajstić information content (AvgIpc) is 2.22. The lowest BCUT2D eigenvalue weighted by molar-refractivity contribution is -0.391. The normalized spacial score (nSPS) is 13.0. The minimum absolute atomic E-state index is 0.458. The van der Waals surface area contributed by atoms with E-state index in [9.17, 15) is 44.9 Å². The molecule has 1 aromatic heterocycles. The van der Waals surface area contributed by atoms with Gasteiger partial charge in [-0.15, -0.1) is 13.2 Å². The first-order valence-corrected chi connectivity index (χ1v) is 6.22. The van der Waals surface area contributed by atoms with Gasteiger partial charge in [0.05, 0.1) is 4.92 Å². The molecule has 0 spiro atoms. The van der Waals surface area contributed by atoms with Gasteiger partial charge < -0.3 is 4.74 Å². The molecule has 8 nitrogen and oxygen atoms in total. The molecule has 2 N–H and O–H groups in total. The SMILES string of the molecule is NS(=O)(=O)c1nc(OC(F)(F)F)cc(C(F)(F)F)c1[N+](=O)[O-]. The number of alkyl halides is 6. The quantitative estimate of drug-likeness (QED) is 0.498. The van der Waals surface area contributed by atoms with Gasteiger partial charge >= 0.3 is 18.2 Å². The van der Waals surface area contributed by atoms with Gasteiger partial charge in [0.1, 0.15) is 5.56 Å². The predicted molar refractivity (Wildman–Crippen MR) is 53.9 cm³/mol. The van der Waals surface area contributed by atoms with E-state index in [1.165, 1.54) is 0 Å². The summed E-state index contributed by atoms with van der Waals surface area (Å²) in [5.74, 6) is -1.87. The number of hydrogen-bond donors (Lipinski definition) is 1. The van der Waals surface area contributed by atoms with Crippen molar-refractivity contribution in [3.05, 3.63) is 21.7 Å². The molecule has 0 aromatic carbocycles. The number of halogens is 6. The fourth-order valence-corrected chi connectivity index (χ4v) is 1.93. The van der Waals surface area contributed by atoms with E-state index < -0.39 is 55.7 Å². The molecule has 0 amide bonds. The summed E-state index contributed by atoms with van der Waals surface area (Å²) in [4.78, 5) is 11.4. The topological polar surface area (TPSA) is 125 Å². The van der Waals surface area contributed by atoms with Crippen LogP contribution in [0.1, 0.15) is 5.56 Å². The summed E-state index contributed by atoms with van der Waals surface area (Å²) in [5.41, 5.74) is -4.42. The van der Waals surface area contributed by atoms with E-state index in [0.29, 0.717) is 0 Å². The van der Waals surface area contributed by atoms with Crippen molar-refractivity contribution in [3.63, 3.8) is 0 Å². The van der Waals surface area contributed by atoms with E-state index in [2.05, 4.69) is 14.9 Å². The molecule has 0 saturated heterocycles. The van der Waals surface area contributed by atoms with Crippen molar-refractivity contribution in [2.45, 2.75) is 17.6 Å². The number of primary sulfonamides is 1. The maximum Gasteiger partial charge on any atom is 0.574 e. The zero-order chi connectivity index (χ0) is 17.5. The van der Waals surface area contributed by atoms with Crippen LogP contribution in [0.15, 0.2) is 11.1 Å². The number of sulfonamides is 1. The molecule has 22 heavy (non-hydrogen) atoms. The van der Waals surface area contributed by atoms with Crippen LogP contribution in [0.3, 0.4) is 0 Å². The zero-order valence-corrected chi connectivity index (χ0v) is 10.6. The Kier molecular flexibility index (Phi) is 4.26. The molecule has 0 aliphatic heterocycles. The largest absolute Gasteiger partial charge is 0.574 e. The molecular weight excluding hydrogens is 352 g/mol. The molecule has 1 aromatic rings. The molecule has 1 heterocycles. The molecule has 0 unspecified atom stereocenters. The Morgan fingerprint density at radius 3 is 2.05 bits per heavy atom. The van der Waals surface area contributed by atoms with E-state index >= 15 is 0 Å². The van der Waals surface area contributed by atoms with Crippen LogP contribution in [0, 0.1) is 10.1 Å². The monoisotopic (exact) mass is 355 g/mol. The highest BCUT2D eigenvalue weighted by Gasteiger charge is 2.45. The van der Waals surface area contributed by atoms with Gasteiger partial charge in [0.2, 0.25) is 5.88 Å². The first kappa shape index (κ1) is 17.9. The summed E-state index contributed by atoms with van der Waals surface area (Å²) in [6, 6.07) is -0.458. The summed E-state index contributed by atoms with van der Waals surface area (Å²) in [7, 11) is -5.24. The summed E-state index contributed by atoms with van der Waals surface area (Å²) in [6.45, 7) is 0. The minimum atomic E-state index is -5.56. The molecule has 0 fully saturated rings. The summed E-state index contributed by atoms with van der Waals surface area (Å²) in [6.07, 6.45) is -11.1. The second-order valence-corrected chi connectivity index (χ2v) is 4.99. The van der Waals surface area contributed by atoms with Crippen LogP contribution in [-0.4, -0.2) is 24.7 Å². The number of nitro groups is 1. The van der Waals surface area contributed by atoms with Crippen molar-refractivity contribution in [2.24, 2.45) is 5.14 Å². The molecule has 0 aliphatic rings. The van der Waals surface area contributed by atoms with Crippen LogP contribution in [0.5, 0.6) is 5.88 Å². The van der Waals surface area contributed by atoms with Gasteiger partial charge in [-0.25, -0.2) is 13.6 Å². The highest BCUT2D eigenvalue weighted by atomic mass is 32.2. The number of nitrogens with zero attached hydrogens (tertiary/aromatic N) is 2. The summed E-state index contributed by atoms with van der Waals surface area (Å²) < 4.78 is 99.2. The first-order chi connectivity index (χ1) is 9.63. The van der Waals surface area contributed by atoms with Crippen LogP contribution >= 0.6 is 0 Å². The highest BCUT2D eigenvalue weighted by Crippen LogP contribution is 2.41. The zero-order valence-electron chi connectivity index (χ0n) is 9.77. The van der Waals surface area contributed by atoms with Gasteiger partial charge in [0.15, 0.2) is 0 Å². The van der Waals surface area contributed by atoms with Gasteiger partial charge in [-0.05, 0) is 0 Å². The highest BCUT2D eigenvalue weighted by molar-refractivity contribution is 7.89. The van der Waals surface area contributed by atoms with Crippen molar-refractivity contribution >= 4 is 15.7 Å². The Bertz CT molecular complexity index is 713. The van der Waals surface area contributed by atoms with Crippen LogP contribution in [-0.2, 0) is 16.2 Å². The third-order valence-corrected chi connectivity index (χ3v) is 2.74. The third kappa shape index (κ3) is 4.17. The summed E-state index contributed by atoms with van der Waals surface area (Å²) >= 11 is 0. The Morgan fingerprint density at radius 2 is 1.73 bits per heavy atom. The minimum Gasteiger partial charge on any atom is -0.388 e. The Balaban J connectivity index is 3.81. The van der Waals surface area contributed by atoms with Gasteiger partial charge in [-0.3, -0.25) is 10.1 Å². The van der Waals surface area contributed by atoms with Gasteiger partial charge in [0, 0.05) is 6.07 Å². The van der Waals surface area contributed by atoms with E-state index in [4.69, 9.17) is 0 Å². The number of hydrogen-bond acceptors (Lipinski definition) is 6. The van der Waals surface area contributed by atoms with Crippen LogP contribution in [0.25, 0.3) is 0 Å². The second-order valence-electron chi connectivity index (χ2n) is 3.51. The van der Waals surface area contributed by atoms with Crippen molar-refractivity contribution in [1.29, 1.82) is 0 Å². The lowest BCUT2D eigenvalue weighted by atomic mass is 10.2. The first-order valence-electron chi connectivity index (χ1n) is 4.68. The van der Waals surface area contributed by atoms with Crippen molar-refractivity contribution in [3.8, 4) is 5.88 Å². The number of ether oxygens (including phenoxy) is 1. The van der Waals surface area contributed by atoms with E-state index in [1.807, 2.05) is 0 Å². The molecule has 0 bridgehead atoms. The van der Waals surface area contributed by atoms with Crippen LogP contribution in [0.2, 0.25) is 0 Å². The van der Waals surface area contributed by atoms with Crippen molar-refractivity contribution in [2.75, 3.05) is 0 Å². The van der Waals surface area contributed by atoms with E-state index in [1.54, 1.807) is 0 Å². The van der Waals surface area contributed by atoms with Gasteiger partial charge in [0.25, 0.3) is 15.0 Å². The standard InChI is InChI=1S/C7H3F6N3O5S/c8-6(9,10)2-1-3(21-7(11,12)13)15-5(22(14,19)20)4(2)16(17)18/h1H,(H2,14,19,20). The Morgan fingerprint density at radius 1 is 1.23 bits per heavy atom. The van der Waals surface area contributed by atoms with Crippen LogP contribution in [0.4, 0.5) is 32.0 Å². The van der Waals surface area contributed by atoms with Crippen molar-refractivity contribution < 1.29 is 44.4 Å². The maximum atomic E-state index is 12.7. The van der Waals surface area contributed by atoms with E-state index in [0.717, 1.165) is 0 Å². The molecule has 0 saturated carbocycles. The number of aromatic nitrogens is 1. The molecular formula is C7H3F6N3O5S. The fourth-order valence-electron chi connectivity index (χ4n) is 1.25. The molecule has 0 atom stereocenters. The lowest BCUT2D eigenvalue weighted by Crippen LogP contribution is -2.23. The third-order valence-electron chi connectivity index (χ3n) is 1.92. The Hall–Kier alpha value is -2.16. The van der Waals surface area contributed by atoms with Gasteiger partial charge in [-0.1, -0.05) is 0 Å². The predicted octanol–water partition coefficient (Wildman–Crippen LogP) is 1.55.